The number of aldehydes is 1. The zero-order valence-corrected chi connectivity index (χ0v) is 27.5. The third-order valence-electron chi connectivity index (χ3n) is 12.5. The Morgan fingerprint density at radius 1 is 1.02 bits per heavy atom. The van der Waals surface area contributed by atoms with Gasteiger partial charge in [-0.15, -0.1) is 11.8 Å². The first-order chi connectivity index (χ1) is 23.1. The van der Waals surface area contributed by atoms with Gasteiger partial charge in [0, 0.05) is 40.0 Å². The molecule has 4 nitrogen and oxygen atoms in total. The van der Waals surface area contributed by atoms with Crippen LogP contribution >= 0.6 is 11.8 Å². The molecule has 236 valence electrons. The maximum absolute atomic E-state index is 12.3. The third-order valence-corrected chi connectivity index (χ3v) is 13.9. The smallest absolute Gasteiger partial charge is 0.120 e. The van der Waals surface area contributed by atoms with Gasteiger partial charge in [-0.25, -0.2) is 0 Å². The Hall–Kier alpha value is -3.67. The van der Waals surface area contributed by atoms with Crippen LogP contribution in [0, 0.1) is 17.3 Å². The molecule has 1 saturated carbocycles. The Bertz CT molecular complexity index is 1960. The topological polar surface area (TPSA) is 61.7 Å². The minimum atomic E-state index is -0.300. The molecule has 0 aromatic heterocycles. The maximum atomic E-state index is 12.3. The van der Waals surface area contributed by atoms with Gasteiger partial charge in [0.2, 0.25) is 0 Å². The van der Waals surface area contributed by atoms with Gasteiger partial charge in [0.1, 0.15) is 6.29 Å². The molecular weight excluding hydrogens is 597 g/mol. The predicted octanol–water partition coefficient (Wildman–Crippen LogP) is 8.14. The molecular formula is C42H40N2O2S. The molecule has 10 rings (SSSR count). The van der Waals surface area contributed by atoms with Crippen molar-refractivity contribution in [3.63, 3.8) is 0 Å². The van der Waals surface area contributed by atoms with Crippen molar-refractivity contribution in [2.45, 2.75) is 74.0 Å². The summed E-state index contributed by atoms with van der Waals surface area (Å²) in [6.45, 7) is 0.233. The van der Waals surface area contributed by atoms with E-state index in [0.717, 1.165) is 51.2 Å². The van der Waals surface area contributed by atoms with E-state index in [9.17, 15) is 9.90 Å². The summed E-state index contributed by atoms with van der Waals surface area (Å²) in [4.78, 5) is 19.3. The summed E-state index contributed by atoms with van der Waals surface area (Å²) in [6.07, 6.45) is 32.7. The Morgan fingerprint density at radius 3 is 2.85 bits per heavy atom. The van der Waals surface area contributed by atoms with E-state index in [-0.39, 0.29) is 28.2 Å². The van der Waals surface area contributed by atoms with Crippen molar-refractivity contribution in [3.05, 3.63) is 135 Å². The Kier molecular flexibility index (Phi) is 6.13. The summed E-state index contributed by atoms with van der Waals surface area (Å²) in [6, 6.07) is 9.27. The van der Waals surface area contributed by atoms with Gasteiger partial charge in [-0.3, -0.25) is 4.99 Å². The number of nitrogens with zero attached hydrogens (tertiary/aromatic N) is 1. The van der Waals surface area contributed by atoms with E-state index < -0.39 is 0 Å². The molecule has 0 amide bonds. The van der Waals surface area contributed by atoms with Crippen LogP contribution in [0.25, 0.3) is 5.70 Å². The van der Waals surface area contributed by atoms with Crippen LogP contribution < -0.4 is 5.32 Å². The van der Waals surface area contributed by atoms with E-state index in [0.29, 0.717) is 18.3 Å². The second kappa shape index (κ2) is 10.2. The molecule has 1 spiro atoms. The molecule has 1 aromatic rings. The molecule has 1 aromatic carbocycles. The molecule has 47 heavy (non-hydrogen) atoms. The Morgan fingerprint density at radius 2 is 1.94 bits per heavy atom. The van der Waals surface area contributed by atoms with Crippen LogP contribution in [-0.2, 0) is 10.2 Å². The second-order valence-electron chi connectivity index (χ2n) is 15.0. The summed E-state index contributed by atoms with van der Waals surface area (Å²) < 4.78 is -0.0285. The van der Waals surface area contributed by atoms with Crippen molar-refractivity contribution < 1.29 is 9.90 Å². The molecule has 3 heterocycles. The lowest BCUT2D eigenvalue weighted by Crippen LogP contribution is -2.40. The number of carbonyl (C=O) groups excluding carboxylic acids is 1. The largest absolute Gasteiger partial charge is 0.396 e. The van der Waals surface area contributed by atoms with E-state index in [4.69, 9.17) is 4.99 Å². The minimum Gasteiger partial charge on any atom is -0.396 e. The van der Waals surface area contributed by atoms with E-state index in [1.165, 1.54) is 67.4 Å². The number of aliphatic hydroxyl groups excluding tert-OH is 1. The number of rotatable bonds is 10. The lowest BCUT2D eigenvalue weighted by Gasteiger charge is -2.46. The summed E-state index contributed by atoms with van der Waals surface area (Å²) in [5.41, 5.74) is 12.9. The first-order valence-electron chi connectivity index (χ1n) is 17.7. The fourth-order valence-electron chi connectivity index (χ4n) is 10.2. The van der Waals surface area contributed by atoms with Gasteiger partial charge in [-0.1, -0.05) is 91.8 Å². The van der Waals surface area contributed by atoms with E-state index in [1.54, 1.807) is 0 Å². The van der Waals surface area contributed by atoms with Crippen molar-refractivity contribution in [3.8, 4) is 0 Å². The molecule has 2 fully saturated rings. The lowest BCUT2D eigenvalue weighted by molar-refractivity contribution is -0.108. The van der Waals surface area contributed by atoms with Crippen molar-refractivity contribution in [1.29, 1.82) is 0 Å². The maximum Gasteiger partial charge on any atom is 0.120 e. The molecule has 2 N–H and O–H groups in total. The Balaban J connectivity index is 1.20. The second-order valence-corrected chi connectivity index (χ2v) is 16.3. The van der Waals surface area contributed by atoms with Gasteiger partial charge in [0.25, 0.3) is 0 Å². The van der Waals surface area contributed by atoms with Crippen molar-refractivity contribution in [2.75, 3.05) is 6.61 Å². The molecule has 6 aliphatic carbocycles. The predicted molar refractivity (Wildman–Crippen MR) is 191 cm³/mol. The number of benzene rings is 1. The Labute approximate surface area is 281 Å². The van der Waals surface area contributed by atoms with Crippen molar-refractivity contribution in [2.24, 2.45) is 22.2 Å². The summed E-state index contributed by atoms with van der Waals surface area (Å²) in [5, 5.41) is 13.8. The molecule has 6 atom stereocenters. The highest BCUT2D eigenvalue weighted by Gasteiger charge is 2.63. The molecule has 0 radical (unpaired) electrons. The zero-order chi connectivity index (χ0) is 31.4. The van der Waals surface area contributed by atoms with Gasteiger partial charge >= 0.3 is 0 Å². The van der Waals surface area contributed by atoms with Crippen LogP contribution in [0.2, 0.25) is 0 Å². The molecule has 1 saturated heterocycles. The standard InChI is InChI=1S/C42H40N2O2S/c45-18-7-1-6-16-40(31-12-4-3-11-29(31)38-34(40)24-42-36(44-38)14-8-15-37(42)47-42)25-41(17-9-19-46)32-23-28-20-27(28)21-30(32)39-33(41)22-26-10-2-5-13-35(26)43-39/h2-5,8,10-15,19,21-23,27-28,35,43,45H,1,6-7,9,16-18,20,24-25H2. The number of hydrogen-bond acceptors (Lipinski definition) is 5. The number of nitrogens with one attached hydrogen (secondary N) is 1. The molecule has 9 aliphatic rings. The van der Waals surface area contributed by atoms with Crippen molar-refractivity contribution in [1.82, 2.24) is 5.32 Å². The fourth-order valence-corrected chi connectivity index (χ4v) is 11.3. The molecule has 6 unspecified atom stereocenters. The fraction of sp³-hybridized carbons (Fsp3) is 0.381. The van der Waals surface area contributed by atoms with Gasteiger partial charge in [-0.05, 0) is 89.9 Å². The number of unbranched alkanes of at least 4 members (excludes halogenated alkanes) is 2. The number of thioether (sulfide) groups is 1. The summed E-state index contributed by atoms with van der Waals surface area (Å²) >= 11 is 1.99. The average Bonchev–Trinajstić information content (AvgIpc) is 4.00. The SMILES string of the molecule is O=CCCC1(CC2(CCCCCO)C3=C(N=C4C=CC=C5SC54C3)c3ccccc32)C2=CC3CC3C=C2C2=C1C=C1C=CC=CC1N2. The van der Waals surface area contributed by atoms with Crippen LogP contribution in [0.15, 0.2) is 128 Å². The number of dihydropyridines is 1. The van der Waals surface area contributed by atoms with E-state index >= 15 is 0 Å². The van der Waals surface area contributed by atoms with Gasteiger partial charge in [0.05, 0.1) is 22.2 Å². The first kappa shape index (κ1) is 28.4. The number of hydrogen-bond donors (Lipinski definition) is 2. The summed E-state index contributed by atoms with van der Waals surface area (Å²) in [5.74, 6) is 1.24. The number of carbonyl (C=O) groups is 1. The van der Waals surface area contributed by atoms with Crippen molar-refractivity contribution >= 4 is 29.5 Å². The van der Waals surface area contributed by atoms with Gasteiger partial charge < -0.3 is 15.2 Å². The monoisotopic (exact) mass is 636 g/mol. The van der Waals surface area contributed by atoms with Gasteiger partial charge in [0.15, 0.2) is 0 Å². The van der Waals surface area contributed by atoms with Gasteiger partial charge in [-0.2, -0.15) is 0 Å². The lowest BCUT2D eigenvalue weighted by atomic mass is 9.57. The van der Waals surface area contributed by atoms with Crippen LogP contribution in [-0.4, -0.2) is 34.5 Å². The van der Waals surface area contributed by atoms with E-state index in [1.807, 2.05) is 11.8 Å². The average molecular weight is 637 g/mol. The zero-order valence-electron chi connectivity index (χ0n) is 26.7. The summed E-state index contributed by atoms with van der Waals surface area (Å²) in [7, 11) is 0. The molecule has 5 heteroatoms. The van der Waals surface area contributed by atoms with Crippen LogP contribution in [0.4, 0.5) is 0 Å². The number of allylic oxidation sites excluding steroid dienone is 11. The number of aliphatic imine (C=N–C) groups is 1. The highest BCUT2D eigenvalue weighted by atomic mass is 32.2. The molecule has 0 bridgehead atoms. The number of aliphatic hydroxyl groups is 1. The highest BCUT2D eigenvalue weighted by molar-refractivity contribution is 8.14. The minimum absolute atomic E-state index is 0.0285. The van der Waals surface area contributed by atoms with Crippen LogP contribution in [0.1, 0.15) is 68.9 Å². The molecule has 3 aliphatic heterocycles. The quantitative estimate of drug-likeness (QED) is 0.155. The van der Waals surface area contributed by atoms with Crippen LogP contribution in [0.5, 0.6) is 0 Å². The number of fused-ring (bicyclic) bond motifs is 6. The normalized spacial score (nSPS) is 35.4. The van der Waals surface area contributed by atoms with E-state index in [2.05, 4.69) is 90.3 Å². The first-order valence-corrected chi connectivity index (χ1v) is 18.5. The highest BCUT2D eigenvalue weighted by Crippen LogP contribution is 2.72. The third kappa shape index (κ3) is 3.93. The van der Waals surface area contributed by atoms with Crippen LogP contribution in [0.3, 0.4) is 0 Å².